The number of nitrogens with zero attached hydrogens (tertiary/aromatic N) is 3. The first-order valence-corrected chi connectivity index (χ1v) is 8.59. The van der Waals surface area contributed by atoms with E-state index in [9.17, 15) is 13.2 Å². The zero-order chi connectivity index (χ0) is 14.5. The number of nitriles is 1. The first-order chi connectivity index (χ1) is 9.40. The van der Waals surface area contributed by atoms with Gasteiger partial charge in [-0.25, -0.2) is 8.42 Å². The summed E-state index contributed by atoms with van der Waals surface area (Å²) in [4.78, 5) is 14.0. The van der Waals surface area contributed by atoms with Gasteiger partial charge in [-0.1, -0.05) is 0 Å². The SMILES string of the molecule is CC12CCCN1S(=O)(=O)C(C(=O)N(CC#N)C1CC1)C2. The molecular formula is C13H19N3O3S. The number of sulfonamides is 1. The average molecular weight is 297 g/mol. The van der Waals surface area contributed by atoms with E-state index in [1.165, 1.54) is 9.21 Å². The predicted octanol–water partition coefficient (Wildman–Crippen LogP) is 0.458. The van der Waals surface area contributed by atoms with E-state index in [0.29, 0.717) is 13.0 Å². The Labute approximate surface area is 119 Å². The van der Waals surface area contributed by atoms with Gasteiger partial charge in [-0.2, -0.15) is 9.57 Å². The van der Waals surface area contributed by atoms with Crippen molar-refractivity contribution < 1.29 is 13.2 Å². The van der Waals surface area contributed by atoms with E-state index in [1.807, 2.05) is 13.0 Å². The number of carbonyl (C=O) groups is 1. The maximum Gasteiger partial charge on any atom is 0.243 e. The topological polar surface area (TPSA) is 81.5 Å². The zero-order valence-electron chi connectivity index (χ0n) is 11.6. The van der Waals surface area contributed by atoms with Gasteiger partial charge in [-0.05, 0) is 39.0 Å². The second-order valence-electron chi connectivity index (χ2n) is 6.27. The number of amides is 1. The number of hydrogen-bond donors (Lipinski definition) is 0. The molecule has 1 saturated carbocycles. The quantitative estimate of drug-likeness (QED) is 0.709. The molecule has 0 spiro atoms. The third-order valence-corrected chi connectivity index (χ3v) is 7.08. The summed E-state index contributed by atoms with van der Waals surface area (Å²) < 4.78 is 26.7. The highest BCUT2D eigenvalue weighted by molar-refractivity contribution is 7.90. The van der Waals surface area contributed by atoms with Crippen LogP contribution in [-0.4, -0.2) is 53.5 Å². The van der Waals surface area contributed by atoms with Crippen LogP contribution in [-0.2, 0) is 14.8 Å². The molecule has 1 amide bonds. The smallest absolute Gasteiger partial charge is 0.243 e. The van der Waals surface area contributed by atoms with Gasteiger partial charge < -0.3 is 4.90 Å². The lowest BCUT2D eigenvalue weighted by atomic mass is 9.94. The third-order valence-electron chi connectivity index (χ3n) is 4.76. The van der Waals surface area contributed by atoms with Crippen LogP contribution in [0.25, 0.3) is 0 Å². The second kappa shape index (κ2) is 4.43. The summed E-state index contributed by atoms with van der Waals surface area (Å²) in [7, 11) is -3.56. The summed E-state index contributed by atoms with van der Waals surface area (Å²) in [5.74, 6) is -0.371. The minimum Gasteiger partial charge on any atom is -0.325 e. The van der Waals surface area contributed by atoms with Crippen LogP contribution < -0.4 is 0 Å². The standard InChI is InChI=1S/C13H19N3O3S/c1-13-5-2-7-16(13)20(18,19)11(9-13)12(17)15(8-6-14)10-3-4-10/h10-11H,2-5,7-9H2,1H3. The fraction of sp³-hybridized carbons (Fsp3) is 0.846. The lowest BCUT2D eigenvalue weighted by Gasteiger charge is -2.24. The van der Waals surface area contributed by atoms with E-state index in [2.05, 4.69) is 0 Å². The number of rotatable bonds is 3. The van der Waals surface area contributed by atoms with E-state index >= 15 is 0 Å². The molecule has 2 atom stereocenters. The zero-order valence-corrected chi connectivity index (χ0v) is 12.4. The fourth-order valence-electron chi connectivity index (χ4n) is 3.54. The van der Waals surface area contributed by atoms with Crippen LogP contribution in [0.15, 0.2) is 0 Å². The summed E-state index contributed by atoms with van der Waals surface area (Å²) in [6, 6.07) is 2.05. The molecule has 2 saturated heterocycles. The molecular weight excluding hydrogens is 278 g/mol. The average Bonchev–Trinajstić information content (AvgIpc) is 3.10. The largest absolute Gasteiger partial charge is 0.325 e. The van der Waals surface area contributed by atoms with Gasteiger partial charge >= 0.3 is 0 Å². The van der Waals surface area contributed by atoms with Gasteiger partial charge in [0.05, 0.1) is 6.07 Å². The van der Waals surface area contributed by atoms with Crippen molar-refractivity contribution in [2.45, 2.75) is 55.9 Å². The van der Waals surface area contributed by atoms with Crippen molar-refractivity contribution >= 4 is 15.9 Å². The molecule has 7 heteroatoms. The highest BCUT2D eigenvalue weighted by Crippen LogP contribution is 2.45. The molecule has 2 unspecified atom stereocenters. The fourth-order valence-corrected chi connectivity index (χ4v) is 5.97. The van der Waals surface area contributed by atoms with Crippen molar-refractivity contribution in [3.05, 3.63) is 0 Å². The Morgan fingerprint density at radius 2 is 2.20 bits per heavy atom. The van der Waals surface area contributed by atoms with Gasteiger partial charge in [0, 0.05) is 18.1 Å². The van der Waals surface area contributed by atoms with Crippen molar-refractivity contribution in [2.24, 2.45) is 0 Å². The number of carbonyl (C=O) groups excluding carboxylic acids is 1. The van der Waals surface area contributed by atoms with Crippen LogP contribution in [0.4, 0.5) is 0 Å². The molecule has 0 bridgehead atoms. The molecule has 6 nitrogen and oxygen atoms in total. The van der Waals surface area contributed by atoms with Crippen LogP contribution in [0.3, 0.4) is 0 Å². The third kappa shape index (κ3) is 1.93. The monoisotopic (exact) mass is 297 g/mol. The molecule has 3 fully saturated rings. The maximum absolute atomic E-state index is 12.6. The summed E-state index contributed by atoms with van der Waals surface area (Å²) in [5.41, 5.74) is -0.402. The highest BCUT2D eigenvalue weighted by atomic mass is 32.2. The molecule has 0 radical (unpaired) electrons. The van der Waals surface area contributed by atoms with E-state index in [4.69, 9.17) is 5.26 Å². The first-order valence-electron chi connectivity index (χ1n) is 7.09. The van der Waals surface area contributed by atoms with Crippen molar-refractivity contribution in [3.8, 4) is 6.07 Å². The summed E-state index contributed by atoms with van der Waals surface area (Å²) in [6.07, 6.45) is 3.80. The molecule has 0 aromatic rings. The molecule has 2 aliphatic heterocycles. The maximum atomic E-state index is 12.6. The second-order valence-corrected chi connectivity index (χ2v) is 8.31. The van der Waals surface area contributed by atoms with E-state index in [0.717, 1.165) is 25.7 Å². The minimum atomic E-state index is -3.56. The summed E-state index contributed by atoms with van der Waals surface area (Å²) in [5, 5.41) is 7.86. The molecule has 2 heterocycles. The molecule has 1 aliphatic carbocycles. The molecule has 0 aromatic heterocycles. The lowest BCUT2D eigenvalue weighted by molar-refractivity contribution is -0.130. The Hall–Kier alpha value is -1.13. The van der Waals surface area contributed by atoms with E-state index < -0.39 is 20.8 Å². The Kier molecular flexibility index (Phi) is 3.07. The van der Waals surface area contributed by atoms with Gasteiger partial charge in [0.1, 0.15) is 6.54 Å². The van der Waals surface area contributed by atoms with Crippen molar-refractivity contribution in [3.63, 3.8) is 0 Å². The molecule has 3 aliphatic rings. The van der Waals surface area contributed by atoms with Crippen LogP contribution in [0.2, 0.25) is 0 Å². The van der Waals surface area contributed by atoms with E-state index in [1.54, 1.807) is 0 Å². The lowest BCUT2D eigenvalue weighted by Crippen LogP contribution is -2.44. The van der Waals surface area contributed by atoms with Gasteiger partial charge in [-0.3, -0.25) is 4.79 Å². The Balaban J connectivity index is 1.87. The van der Waals surface area contributed by atoms with Crippen LogP contribution >= 0.6 is 0 Å². The number of hydrogen-bond acceptors (Lipinski definition) is 4. The van der Waals surface area contributed by atoms with Crippen LogP contribution in [0.1, 0.15) is 39.0 Å². The van der Waals surface area contributed by atoms with Gasteiger partial charge in [-0.15, -0.1) is 0 Å². The number of fused-ring (bicyclic) bond motifs is 1. The van der Waals surface area contributed by atoms with Crippen molar-refractivity contribution in [1.82, 2.24) is 9.21 Å². The minimum absolute atomic E-state index is 0.00770. The summed E-state index contributed by atoms with van der Waals surface area (Å²) >= 11 is 0. The van der Waals surface area contributed by atoms with Gasteiger partial charge in [0.15, 0.2) is 5.25 Å². The van der Waals surface area contributed by atoms with Crippen LogP contribution in [0, 0.1) is 11.3 Å². The highest BCUT2D eigenvalue weighted by Gasteiger charge is 2.58. The molecule has 3 rings (SSSR count). The normalized spacial score (nSPS) is 35.5. The van der Waals surface area contributed by atoms with E-state index in [-0.39, 0.29) is 18.5 Å². The Morgan fingerprint density at radius 3 is 2.75 bits per heavy atom. The van der Waals surface area contributed by atoms with Crippen molar-refractivity contribution in [2.75, 3.05) is 13.1 Å². The van der Waals surface area contributed by atoms with Gasteiger partial charge in [0.25, 0.3) is 0 Å². The van der Waals surface area contributed by atoms with Gasteiger partial charge in [0.2, 0.25) is 15.9 Å². The molecule has 0 aromatic carbocycles. The van der Waals surface area contributed by atoms with Crippen LogP contribution in [0.5, 0.6) is 0 Å². The predicted molar refractivity (Wildman–Crippen MR) is 72.0 cm³/mol. The molecule has 0 N–H and O–H groups in total. The summed E-state index contributed by atoms with van der Waals surface area (Å²) in [6.45, 7) is 2.44. The first kappa shape index (κ1) is 13.8. The Morgan fingerprint density at radius 1 is 1.50 bits per heavy atom. The molecule has 110 valence electrons. The molecule has 20 heavy (non-hydrogen) atoms. The Bertz CT molecular complexity index is 578. The van der Waals surface area contributed by atoms with Crippen molar-refractivity contribution in [1.29, 1.82) is 5.26 Å².